The van der Waals surface area contributed by atoms with Crippen LogP contribution in [0.3, 0.4) is 0 Å². The lowest BCUT2D eigenvalue weighted by Gasteiger charge is -2.30. The highest BCUT2D eigenvalue weighted by Crippen LogP contribution is 2.46. The topological polar surface area (TPSA) is 152 Å². The first-order valence-corrected chi connectivity index (χ1v) is 19.2. The largest absolute Gasteiger partial charge is 0.464 e. The summed E-state index contributed by atoms with van der Waals surface area (Å²) in [5, 5.41) is 14.3. The lowest BCUT2D eigenvalue weighted by atomic mass is 10.0. The van der Waals surface area contributed by atoms with Crippen molar-refractivity contribution >= 4 is 40.9 Å². The standard InChI is InChI=1S/C37H50N6O7S/c1-5-49-34(47)37-20-25(37)13-9-7-6-8-10-14-27(39-35(48)50-36(2,3)4)32(45)42-22-26(19-28(42)31(44)40-37)43-33(46)30(24-15-18-51-23-24)29(21-38-43)41-16-11-12-17-41/h9,13,15,18,21,23,25-28H,5-8,10-12,14,16-17,19-20,22H2,1-4H3,(H,39,48)(H,40,44)/b13-9-/t25-,26-,27+,28+,37-/m1/s1. The van der Waals surface area contributed by atoms with Gasteiger partial charge in [-0.15, -0.1) is 0 Å². The number of thiophene rings is 1. The lowest BCUT2D eigenvalue weighted by molar-refractivity contribution is -0.150. The van der Waals surface area contributed by atoms with Crippen molar-refractivity contribution in [2.45, 2.75) is 115 Å². The van der Waals surface area contributed by atoms with Crippen LogP contribution in [0, 0.1) is 5.92 Å². The molecule has 2 aromatic heterocycles. The van der Waals surface area contributed by atoms with Crippen molar-refractivity contribution in [3.8, 4) is 11.1 Å². The van der Waals surface area contributed by atoms with Crippen LogP contribution in [0.4, 0.5) is 10.5 Å². The van der Waals surface area contributed by atoms with Crippen LogP contribution in [-0.4, -0.2) is 88.0 Å². The van der Waals surface area contributed by atoms with Crippen LogP contribution < -0.4 is 21.1 Å². The number of alkyl carbamates (subject to hydrolysis) is 1. The molecular formula is C37H50N6O7S. The molecule has 2 aromatic rings. The summed E-state index contributed by atoms with van der Waals surface area (Å²) in [6.07, 6.45) is 11.0. The minimum Gasteiger partial charge on any atom is -0.464 e. The lowest BCUT2D eigenvalue weighted by Crippen LogP contribution is -2.56. The molecular weight excluding hydrogens is 673 g/mol. The molecule has 1 saturated carbocycles. The molecule has 0 radical (unpaired) electrons. The van der Waals surface area contributed by atoms with Crippen LogP contribution in [0.5, 0.6) is 0 Å². The van der Waals surface area contributed by atoms with Gasteiger partial charge in [0.25, 0.3) is 5.56 Å². The number of fused-ring (bicyclic) bond motifs is 2. The second-order valence-electron chi connectivity index (χ2n) is 15.0. The van der Waals surface area contributed by atoms with Crippen LogP contribution >= 0.6 is 11.3 Å². The number of rotatable bonds is 6. The van der Waals surface area contributed by atoms with E-state index in [0.717, 1.165) is 56.4 Å². The van der Waals surface area contributed by atoms with Crippen LogP contribution in [-0.2, 0) is 23.9 Å². The number of carbonyl (C=O) groups excluding carboxylic acids is 4. The Morgan fingerprint density at radius 1 is 1.12 bits per heavy atom. The predicted octanol–water partition coefficient (Wildman–Crippen LogP) is 4.57. The zero-order chi connectivity index (χ0) is 36.3. The highest BCUT2D eigenvalue weighted by molar-refractivity contribution is 7.08. The zero-order valence-corrected chi connectivity index (χ0v) is 30.8. The number of allylic oxidation sites excluding steroid dienone is 1. The Morgan fingerprint density at radius 2 is 1.90 bits per heavy atom. The third-order valence-corrected chi connectivity index (χ3v) is 10.9. The average Bonchev–Trinajstić information content (AvgIpc) is 3.60. The molecule has 0 bridgehead atoms. The number of nitrogens with zero attached hydrogens (tertiary/aromatic N) is 4. The van der Waals surface area contributed by atoms with Gasteiger partial charge in [-0.25, -0.2) is 14.3 Å². The van der Waals surface area contributed by atoms with Gasteiger partial charge in [-0.1, -0.05) is 25.0 Å². The fourth-order valence-corrected chi connectivity index (χ4v) is 8.19. The van der Waals surface area contributed by atoms with E-state index >= 15 is 0 Å². The number of aromatic nitrogens is 2. The molecule has 6 rings (SSSR count). The normalized spacial score (nSPS) is 27.8. The number of anilines is 1. The van der Waals surface area contributed by atoms with Crippen LogP contribution in [0.2, 0.25) is 0 Å². The first-order valence-electron chi connectivity index (χ1n) is 18.3. The second kappa shape index (κ2) is 15.2. The Kier molecular flexibility index (Phi) is 10.9. The minimum atomic E-state index is -1.23. The Bertz CT molecular complexity index is 1700. The molecule has 276 valence electrons. The van der Waals surface area contributed by atoms with Crippen molar-refractivity contribution in [1.29, 1.82) is 0 Å². The zero-order valence-electron chi connectivity index (χ0n) is 30.0. The molecule has 1 aliphatic carbocycles. The van der Waals surface area contributed by atoms with E-state index in [9.17, 15) is 24.0 Å². The molecule has 0 unspecified atom stereocenters. The van der Waals surface area contributed by atoms with E-state index < -0.39 is 53.1 Å². The first-order chi connectivity index (χ1) is 24.4. The fourth-order valence-electron chi connectivity index (χ4n) is 7.55. The van der Waals surface area contributed by atoms with E-state index in [4.69, 9.17) is 9.47 Å². The smallest absolute Gasteiger partial charge is 0.408 e. The SMILES string of the molecule is CCOC(=O)[C@@]12C[C@H]1/C=C\CCCCC[C@H](NC(=O)OC(C)(C)C)C(=O)N1C[C@H](n3ncc(N4CCCC4)c(-c4ccsc4)c3=O)C[C@H]1C(=O)N2. The number of nitrogens with one attached hydrogen (secondary N) is 2. The van der Waals surface area contributed by atoms with Gasteiger partial charge in [-0.2, -0.15) is 16.4 Å². The molecule has 3 aliphatic heterocycles. The maximum absolute atomic E-state index is 14.5. The van der Waals surface area contributed by atoms with Crippen molar-refractivity contribution in [2.75, 3.05) is 31.1 Å². The summed E-state index contributed by atoms with van der Waals surface area (Å²) in [6.45, 7) is 8.81. The van der Waals surface area contributed by atoms with Gasteiger partial charge in [0.05, 0.1) is 30.1 Å². The van der Waals surface area contributed by atoms with Gasteiger partial charge in [0.2, 0.25) is 11.8 Å². The van der Waals surface area contributed by atoms with Gasteiger partial charge in [0.15, 0.2) is 0 Å². The summed E-state index contributed by atoms with van der Waals surface area (Å²) < 4.78 is 12.3. The molecule has 2 saturated heterocycles. The van der Waals surface area contributed by atoms with E-state index in [1.165, 1.54) is 20.9 Å². The molecule has 51 heavy (non-hydrogen) atoms. The molecule has 5 atom stereocenters. The van der Waals surface area contributed by atoms with E-state index in [1.807, 2.05) is 29.0 Å². The van der Waals surface area contributed by atoms with E-state index in [2.05, 4.69) is 20.6 Å². The maximum Gasteiger partial charge on any atom is 0.408 e. The number of hydrogen-bond donors (Lipinski definition) is 2. The fraction of sp³-hybridized carbons (Fsp3) is 0.622. The van der Waals surface area contributed by atoms with Gasteiger partial charge in [0.1, 0.15) is 23.2 Å². The Morgan fingerprint density at radius 3 is 2.61 bits per heavy atom. The quantitative estimate of drug-likeness (QED) is 0.323. The van der Waals surface area contributed by atoms with Crippen LogP contribution in [0.25, 0.3) is 11.1 Å². The van der Waals surface area contributed by atoms with Crippen molar-refractivity contribution in [1.82, 2.24) is 25.3 Å². The summed E-state index contributed by atoms with van der Waals surface area (Å²) in [6, 6.07) is -0.727. The molecule has 4 aliphatic rings. The third kappa shape index (κ3) is 8.00. The number of hydrogen-bond acceptors (Lipinski definition) is 10. The van der Waals surface area contributed by atoms with Gasteiger partial charge < -0.3 is 29.9 Å². The molecule has 3 fully saturated rings. The summed E-state index contributed by atoms with van der Waals surface area (Å²) >= 11 is 1.50. The van der Waals surface area contributed by atoms with Crippen LogP contribution in [0.15, 0.2) is 40.0 Å². The summed E-state index contributed by atoms with van der Waals surface area (Å²) in [5.41, 5.74) is -0.181. The van der Waals surface area contributed by atoms with Gasteiger partial charge in [0, 0.05) is 37.5 Å². The van der Waals surface area contributed by atoms with Crippen LogP contribution in [0.1, 0.15) is 91.5 Å². The van der Waals surface area contributed by atoms with Crippen molar-refractivity contribution in [3.05, 3.63) is 45.5 Å². The number of ether oxygens (including phenoxy) is 2. The van der Waals surface area contributed by atoms with Gasteiger partial charge in [-0.3, -0.25) is 14.4 Å². The monoisotopic (exact) mass is 722 g/mol. The molecule has 3 amide bonds. The Labute approximate surface area is 302 Å². The Balaban J connectivity index is 1.37. The van der Waals surface area contributed by atoms with Crippen molar-refractivity contribution < 1.29 is 28.7 Å². The minimum absolute atomic E-state index is 0.0121. The summed E-state index contributed by atoms with van der Waals surface area (Å²) in [5.74, 6) is -1.71. The van der Waals surface area contributed by atoms with E-state index in [0.29, 0.717) is 24.8 Å². The summed E-state index contributed by atoms with van der Waals surface area (Å²) in [7, 11) is 0. The molecule has 2 N–H and O–H groups in total. The summed E-state index contributed by atoms with van der Waals surface area (Å²) in [4.78, 5) is 73.2. The highest BCUT2D eigenvalue weighted by Gasteiger charge is 2.62. The molecule has 5 heterocycles. The van der Waals surface area contributed by atoms with E-state index in [-0.39, 0.29) is 31.0 Å². The molecule has 0 spiro atoms. The average molecular weight is 723 g/mol. The number of carbonyl (C=O) groups is 4. The van der Waals surface area contributed by atoms with Gasteiger partial charge >= 0.3 is 12.1 Å². The van der Waals surface area contributed by atoms with Crippen molar-refractivity contribution in [3.63, 3.8) is 0 Å². The maximum atomic E-state index is 14.5. The highest BCUT2D eigenvalue weighted by atomic mass is 32.1. The molecule has 14 heteroatoms. The number of amides is 3. The third-order valence-electron chi connectivity index (χ3n) is 10.2. The van der Waals surface area contributed by atoms with Gasteiger partial charge in [-0.05, 0) is 83.0 Å². The van der Waals surface area contributed by atoms with Crippen molar-refractivity contribution in [2.24, 2.45) is 5.92 Å². The predicted molar refractivity (Wildman–Crippen MR) is 193 cm³/mol. The first kappa shape index (κ1) is 36.6. The van der Waals surface area contributed by atoms with E-state index in [1.54, 1.807) is 33.9 Å². The number of esters is 1. The second-order valence-corrected chi connectivity index (χ2v) is 15.8. The Hall–Kier alpha value is -4.20. The molecule has 13 nitrogen and oxygen atoms in total. The molecule has 0 aromatic carbocycles.